The number of urea groups is 2. The number of nitrogens with zero attached hydrogens (tertiary/aromatic N) is 2. The molecule has 0 aromatic heterocycles. The highest BCUT2D eigenvalue weighted by Gasteiger charge is 2.43. The van der Waals surface area contributed by atoms with Crippen LogP contribution in [0.2, 0.25) is 0 Å². The van der Waals surface area contributed by atoms with E-state index in [9.17, 15) is 14.4 Å². The first-order valence-corrected chi connectivity index (χ1v) is 12.3. The third-order valence-corrected chi connectivity index (χ3v) is 6.64. The van der Waals surface area contributed by atoms with Crippen LogP contribution < -0.4 is 26.4 Å². The van der Waals surface area contributed by atoms with Crippen LogP contribution in [0.15, 0.2) is 48.5 Å². The molecule has 36 heavy (non-hydrogen) atoms. The number of anilines is 2. The maximum absolute atomic E-state index is 13.5. The monoisotopic (exact) mass is 494 g/mol. The molecule has 1 saturated heterocycles. The number of hydrogen-bond donors (Lipinski definition) is 4. The summed E-state index contributed by atoms with van der Waals surface area (Å²) in [7, 11) is 1.55. The Labute approximate surface area is 211 Å². The van der Waals surface area contributed by atoms with Crippen molar-refractivity contribution in [3.63, 3.8) is 0 Å². The Morgan fingerprint density at radius 2 is 1.47 bits per heavy atom. The van der Waals surface area contributed by atoms with Crippen LogP contribution in [-0.2, 0) is 4.79 Å². The Kier molecular flexibility index (Phi) is 7.94. The van der Waals surface area contributed by atoms with Crippen molar-refractivity contribution in [3.8, 4) is 5.75 Å². The third kappa shape index (κ3) is 6.06. The van der Waals surface area contributed by atoms with Gasteiger partial charge in [0.15, 0.2) is 6.17 Å². The lowest BCUT2D eigenvalue weighted by atomic mass is 9.92. The van der Waals surface area contributed by atoms with Gasteiger partial charge in [-0.1, -0.05) is 18.2 Å². The van der Waals surface area contributed by atoms with Crippen LogP contribution in [0.1, 0.15) is 31.2 Å². The molecule has 0 bridgehead atoms. The molecule has 1 atom stereocenters. The van der Waals surface area contributed by atoms with Crippen LogP contribution in [0.25, 0.3) is 0 Å². The van der Waals surface area contributed by atoms with Gasteiger partial charge in [0.25, 0.3) is 5.91 Å². The molecule has 2 aromatic rings. The largest absolute Gasteiger partial charge is 0.497 e. The van der Waals surface area contributed by atoms with Gasteiger partial charge in [-0.25, -0.2) is 9.59 Å². The highest BCUT2D eigenvalue weighted by molar-refractivity contribution is 5.98. The number of amides is 5. The number of carbonyl (C=O) groups excluding carboxylic acids is 3. The minimum absolute atomic E-state index is 0.0390. The fourth-order valence-electron chi connectivity index (χ4n) is 4.69. The van der Waals surface area contributed by atoms with Gasteiger partial charge in [-0.3, -0.25) is 14.6 Å². The molecule has 2 aliphatic rings. The van der Waals surface area contributed by atoms with Crippen molar-refractivity contribution in [2.24, 2.45) is 5.73 Å². The maximum atomic E-state index is 13.5. The predicted octanol–water partition coefficient (Wildman–Crippen LogP) is 3.10. The fraction of sp³-hybridized carbons (Fsp3) is 0.423. The SMILES string of the molecule is COc1cccc(NC(=O)N2CCN(C(=O)Nc3cccc(C)c3)C2C(=O)NC2CCC(N)CC2)c1. The number of carbonyl (C=O) groups is 3. The average Bonchev–Trinajstić information content (AvgIpc) is 3.31. The minimum Gasteiger partial charge on any atom is -0.497 e. The van der Waals surface area contributed by atoms with E-state index in [2.05, 4.69) is 16.0 Å². The van der Waals surface area contributed by atoms with E-state index in [4.69, 9.17) is 10.5 Å². The van der Waals surface area contributed by atoms with E-state index in [0.717, 1.165) is 31.2 Å². The topological polar surface area (TPSA) is 129 Å². The molecule has 1 heterocycles. The number of ether oxygens (including phenoxy) is 1. The van der Waals surface area contributed by atoms with Gasteiger partial charge in [0.1, 0.15) is 5.75 Å². The van der Waals surface area contributed by atoms with E-state index in [1.54, 1.807) is 37.4 Å². The van der Waals surface area contributed by atoms with Crippen LogP contribution in [0.5, 0.6) is 5.75 Å². The molecule has 1 aliphatic heterocycles. The average molecular weight is 495 g/mol. The summed E-state index contributed by atoms with van der Waals surface area (Å²) in [4.78, 5) is 42.8. The molecule has 0 radical (unpaired) electrons. The summed E-state index contributed by atoms with van der Waals surface area (Å²) in [5, 5.41) is 8.73. The Morgan fingerprint density at radius 1 is 0.889 bits per heavy atom. The molecule has 10 nitrogen and oxygen atoms in total. The lowest BCUT2D eigenvalue weighted by Crippen LogP contribution is -2.57. The Hall–Kier alpha value is -3.79. The molecular formula is C26H34N6O4. The van der Waals surface area contributed by atoms with E-state index < -0.39 is 18.2 Å². The second-order valence-electron chi connectivity index (χ2n) is 9.34. The summed E-state index contributed by atoms with van der Waals surface area (Å²) in [6.45, 7) is 2.37. The van der Waals surface area contributed by atoms with Gasteiger partial charge >= 0.3 is 12.1 Å². The number of benzene rings is 2. The zero-order valence-electron chi connectivity index (χ0n) is 20.7. The van der Waals surface area contributed by atoms with Crippen LogP contribution >= 0.6 is 0 Å². The standard InChI is InChI=1S/C26H34N6O4/c1-17-5-3-6-20(15-17)29-25(34)31-13-14-32(26(35)30-21-7-4-8-22(16-21)36-2)24(31)23(33)28-19-11-9-18(27)10-12-19/h3-8,15-16,18-19,24H,9-14,27H2,1-2H3,(H,28,33)(H,29,34)(H,30,35). The van der Waals surface area contributed by atoms with Crippen molar-refractivity contribution in [2.75, 3.05) is 30.8 Å². The third-order valence-electron chi connectivity index (χ3n) is 6.64. The first-order valence-electron chi connectivity index (χ1n) is 12.3. The lowest BCUT2D eigenvalue weighted by Gasteiger charge is -2.32. The number of nitrogens with two attached hydrogens (primary N) is 1. The smallest absolute Gasteiger partial charge is 0.323 e. The number of aryl methyl sites for hydroxylation is 1. The fourth-order valence-corrected chi connectivity index (χ4v) is 4.69. The molecule has 5 N–H and O–H groups in total. The van der Waals surface area contributed by atoms with Crippen LogP contribution in [-0.4, -0.2) is 66.2 Å². The van der Waals surface area contributed by atoms with Crippen molar-refractivity contribution in [1.29, 1.82) is 0 Å². The summed E-state index contributed by atoms with van der Waals surface area (Å²) >= 11 is 0. The van der Waals surface area contributed by atoms with E-state index in [0.29, 0.717) is 17.1 Å². The van der Waals surface area contributed by atoms with E-state index in [1.807, 2.05) is 25.1 Å². The molecule has 10 heteroatoms. The molecule has 0 spiro atoms. The van der Waals surface area contributed by atoms with E-state index >= 15 is 0 Å². The molecule has 5 amide bonds. The van der Waals surface area contributed by atoms with Crippen LogP contribution in [0, 0.1) is 6.92 Å². The molecule has 1 aliphatic carbocycles. The second kappa shape index (κ2) is 11.3. The van der Waals surface area contributed by atoms with Crippen molar-refractivity contribution in [3.05, 3.63) is 54.1 Å². The molecule has 1 unspecified atom stereocenters. The van der Waals surface area contributed by atoms with Gasteiger partial charge in [-0.15, -0.1) is 0 Å². The number of nitrogens with one attached hydrogen (secondary N) is 3. The maximum Gasteiger partial charge on any atom is 0.323 e. The first-order chi connectivity index (χ1) is 17.3. The van der Waals surface area contributed by atoms with Gasteiger partial charge in [0, 0.05) is 42.6 Å². The number of hydrogen-bond acceptors (Lipinski definition) is 5. The zero-order chi connectivity index (χ0) is 25.7. The van der Waals surface area contributed by atoms with E-state index in [1.165, 1.54) is 9.80 Å². The van der Waals surface area contributed by atoms with Gasteiger partial charge in [-0.05, 0) is 62.4 Å². The molecule has 192 valence electrons. The Bertz CT molecular complexity index is 1100. The summed E-state index contributed by atoms with van der Waals surface area (Å²) in [5.41, 5.74) is 8.16. The molecule has 2 fully saturated rings. The van der Waals surface area contributed by atoms with Gasteiger partial charge in [-0.2, -0.15) is 0 Å². The van der Waals surface area contributed by atoms with Crippen LogP contribution in [0.4, 0.5) is 21.0 Å². The van der Waals surface area contributed by atoms with E-state index in [-0.39, 0.29) is 31.1 Å². The summed E-state index contributed by atoms with van der Waals surface area (Å²) < 4.78 is 5.23. The molecule has 1 saturated carbocycles. The van der Waals surface area contributed by atoms with Crippen molar-refractivity contribution < 1.29 is 19.1 Å². The van der Waals surface area contributed by atoms with Gasteiger partial charge in [0.05, 0.1) is 7.11 Å². The van der Waals surface area contributed by atoms with Crippen LogP contribution in [0.3, 0.4) is 0 Å². The zero-order valence-corrected chi connectivity index (χ0v) is 20.7. The highest BCUT2D eigenvalue weighted by Crippen LogP contribution is 2.23. The van der Waals surface area contributed by atoms with Crippen molar-refractivity contribution in [1.82, 2.24) is 15.1 Å². The Morgan fingerprint density at radius 3 is 2.06 bits per heavy atom. The van der Waals surface area contributed by atoms with Gasteiger partial charge < -0.3 is 26.4 Å². The minimum atomic E-state index is -1.09. The Balaban J connectivity index is 1.52. The van der Waals surface area contributed by atoms with Crippen molar-refractivity contribution in [2.45, 2.75) is 50.9 Å². The molecule has 4 rings (SSSR count). The summed E-state index contributed by atoms with van der Waals surface area (Å²) in [5.74, 6) is 0.214. The number of rotatable bonds is 5. The quantitative estimate of drug-likeness (QED) is 0.508. The second-order valence-corrected chi connectivity index (χ2v) is 9.34. The number of methoxy groups -OCH3 is 1. The molecular weight excluding hydrogens is 460 g/mol. The summed E-state index contributed by atoms with van der Waals surface area (Å²) in [6.07, 6.45) is 2.10. The lowest BCUT2D eigenvalue weighted by molar-refractivity contribution is -0.128. The van der Waals surface area contributed by atoms with Crippen molar-refractivity contribution >= 4 is 29.3 Å². The summed E-state index contributed by atoms with van der Waals surface area (Å²) in [6, 6.07) is 13.6. The predicted molar refractivity (Wildman–Crippen MR) is 138 cm³/mol. The molecule has 2 aromatic carbocycles. The highest BCUT2D eigenvalue weighted by atomic mass is 16.5. The first kappa shape index (κ1) is 25.3. The van der Waals surface area contributed by atoms with Gasteiger partial charge in [0.2, 0.25) is 0 Å². The normalized spacial score (nSPS) is 21.6.